The second kappa shape index (κ2) is 17.5. The summed E-state index contributed by atoms with van der Waals surface area (Å²) in [6.07, 6.45) is 5.71. The van der Waals surface area contributed by atoms with Crippen molar-refractivity contribution in [3.05, 3.63) is 29.8 Å². The van der Waals surface area contributed by atoms with Crippen LogP contribution in [0, 0.1) is 5.92 Å². The average Bonchev–Trinajstić information content (AvgIpc) is 3.26. The van der Waals surface area contributed by atoms with Crippen LogP contribution in [0.3, 0.4) is 0 Å². The van der Waals surface area contributed by atoms with E-state index in [-0.39, 0.29) is 48.3 Å². The van der Waals surface area contributed by atoms with E-state index in [1.165, 1.54) is 9.91 Å². The van der Waals surface area contributed by atoms with Crippen LogP contribution in [0.5, 0.6) is 0 Å². The fourth-order valence-corrected chi connectivity index (χ4v) is 6.10. The van der Waals surface area contributed by atoms with E-state index < -0.39 is 17.3 Å². The molecule has 0 aliphatic carbocycles. The van der Waals surface area contributed by atoms with Gasteiger partial charge in [0.05, 0.1) is 11.0 Å². The second-order valence-electron chi connectivity index (χ2n) is 11.0. The molecule has 0 radical (unpaired) electrons. The Hall–Kier alpha value is -3.78. The maximum Gasteiger partial charge on any atom is 0.321 e. The van der Waals surface area contributed by atoms with Crippen LogP contribution < -0.4 is 16.4 Å². The number of anilines is 1. The minimum absolute atomic E-state index is 0.00251. The van der Waals surface area contributed by atoms with Crippen molar-refractivity contribution in [3.8, 4) is 0 Å². The predicted molar refractivity (Wildman–Crippen MR) is 167 cm³/mol. The maximum absolute atomic E-state index is 12.5. The standard InChI is InChI=1S/C30H42N6O7S/c1-20-16-27(40)36(34-28(20)21-9-11-22(12-10-21)33-19-37)15-7-3-5-13-32-25(38)8-4-2-6-14-35-26(39)17-24(29(35)41)44-18-23(31)30(42)43/h9-12,19-20,23-24H,2-8,13-18,31H2,1H3,(H,32,38)(H,33,37)(H,42,43). The fourth-order valence-electron chi connectivity index (χ4n) is 4.99. The van der Waals surface area contributed by atoms with Crippen molar-refractivity contribution >= 4 is 59.2 Å². The van der Waals surface area contributed by atoms with E-state index in [0.717, 1.165) is 42.3 Å². The Bertz CT molecular complexity index is 1220. The number of amides is 5. The van der Waals surface area contributed by atoms with E-state index in [4.69, 9.17) is 10.8 Å². The van der Waals surface area contributed by atoms with Crippen molar-refractivity contribution in [2.75, 3.05) is 30.7 Å². The number of likely N-dealkylation sites (tertiary alicyclic amines) is 1. The first-order chi connectivity index (χ1) is 21.1. The molecule has 5 amide bonds. The number of nitrogens with one attached hydrogen (secondary N) is 2. The number of hydrogen-bond donors (Lipinski definition) is 4. The number of thioether (sulfide) groups is 1. The normalized spacial score (nSPS) is 19.1. The van der Waals surface area contributed by atoms with Crippen LogP contribution in [-0.2, 0) is 28.8 Å². The van der Waals surface area contributed by atoms with Gasteiger partial charge in [-0.05, 0) is 49.8 Å². The number of nitrogens with zero attached hydrogens (tertiary/aromatic N) is 3. The SMILES string of the molecule is CC1CC(=O)N(CCCCCNC(=O)CCCCCN2C(=O)CC(SCC(N)C(=O)O)C2=O)N=C1c1ccc(NC=O)cc1. The van der Waals surface area contributed by atoms with Gasteiger partial charge in [0, 0.05) is 56.3 Å². The molecular weight excluding hydrogens is 588 g/mol. The maximum atomic E-state index is 12.5. The van der Waals surface area contributed by atoms with Crippen LogP contribution in [0.15, 0.2) is 29.4 Å². The highest BCUT2D eigenvalue weighted by molar-refractivity contribution is 8.00. The molecule has 3 atom stereocenters. The summed E-state index contributed by atoms with van der Waals surface area (Å²) in [5.74, 6) is -1.71. The van der Waals surface area contributed by atoms with E-state index in [1.54, 1.807) is 12.1 Å². The molecule has 1 saturated heterocycles. The van der Waals surface area contributed by atoms with Gasteiger partial charge in [0.1, 0.15) is 6.04 Å². The number of carbonyl (C=O) groups excluding carboxylic acids is 5. The van der Waals surface area contributed by atoms with Gasteiger partial charge in [0.2, 0.25) is 30.0 Å². The van der Waals surface area contributed by atoms with Crippen LogP contribution in [0.4, 0.5) is 5.69 Å². The molecule has 14 heteroatoms. The Labute approximate surface area is 261 Å². The van der Waals surface area contributed by atoms with Gasteiger partial charge in [-0.25, -0.2) is 5.01 Å². The van der Waals surface area contributed by atoms with Gasteiger partial charge in [-0.2, -0.15) is 5.10 Å². The van der Waals surface area contributed by atoms with Gasteiger partial charge in [0.25, 0.3) is 0 Å². The molecule has 1 aromatic carbocycles. The zero-order chi connectivity index (χ0) is 32.1. The molecule has 13 nitrogen and oxygen atoms in total. The lowest BCUT2D eigenvalue weighted by molar-refractivity contribution is -0.139. The number of carbonyl (C=O) groups is 6. The first-order valence-corrected chi connectivity index (χ1v) is 16.1. The highest BCUT2D eigenvalue weighted by atomic mass is 32.2. The first-order valence-electron chi connectivity index (χ1n) is 15.0. The molecule has 3 rings (SSSR count). The molecule has 1 fully saturated rings. The Kier molecular flexibility index (Phi) is 13.8. The number of hydrazone groups is 1. The minimum atomic E-state index is -1.14. The van der Waals surface area contributed by atoms with Crippen molar-refractivity contribution in [2.24, 2.45) is 16.8 Å². The first kappa shape index (κ1) is 34.7. The summed E-state index contributed by atoms with van der Waals surface area (Å²) in [4.78, 5) is 72.1. The molecule has 44 heavy (non-hydrogen) atoms. The fraction of sp³-hybridized carbons (Fsp3) is 0.567. The van der Waals surface area contributed by atoms with Crippen LogP contribution >= 0.6 is 11.8 Å². The van der Waals surface area contributed by atoms with Gasteiger partial charge in [-0.1, -0.05) is 25.5 Å². The number of unbranched alkanes of at least 4 members (excludes halogenated alkanes) is 4. The summed E-state index contributed by atoms with van der Waals surface area (Å²) in [5.41, 5.74) is 7.92. The molecule has 0 bridgehead atoms. The topological polar surface area (TPSA) is 192 Å². The lowest BCUT2D eigenvalue weighted by Gasteiger charge is -2.27. The Morgan fingerprint density at radius 2 is 1.75 bits per heavy atom. The van der Waals surface area contributed by atoms with Gasteiger partial charge >= 0.3 is 5.97 Å². The molecule has 5 N–H and O–H groups in total. The molecule has 240 valence electrons. The van der Waals surface area contributed by atoms with Crippen molar-refractivity contribution in [2.45, 2.75) is 76.0 Å². The van der Waals surface area contributed by atoms with Crippen molar-refractivity contribution in [1.82, 2.24) is 15.2 Å². The third-order valence-electron chi connectivity index (χ3n) is 7.52. The monoisotopic (exact) mass is 630 g/mol. The molecule has 2 heterocycles. The number of benzene rings is 1. The molecule has 0 aromatic heterocycles. The van der Waals surface area contributed by atoms with E-state index >= 15 is 0 Å². The highest BCUT2D eigenvalue weighted by Crippen LogP contribution is 2.26. The number of nitrogens with two attached hydrogens (primary N) is 1. The zero-order valence-electron chi connectivity index (χ0n) is 25.0. The molecule has 2 aliphatic rings. The van der Waals surface area contributed by atoms with Gasteiger partial charge < -0.3 is 21.5 Å². The summed E-state index contributed by atoms with van der Waals surface area (Å²) >= 11 is 1.10. The quantitative estimate of drug-likeness (QED) is 0.100. The minimum Gasteiger partial charge on any atom is -0.480 e. The molecule has 2 aliphatic heterocycles. The number of imide groups is 1. The predicted octanol–water partition coefficient (Wildman–Crippen LogP) is 1.95. The van der Waals surface area contributed by atoms with Crippen LogP contribution in [0.25, 0.3) is 0 Å². The lowest BCUT2D eigenvalue weighted by atomic mass is 9.93. The van der Waals surface area contributed by atoms with E-state index in [2.05, 4.69) is 15.7 Å². The van der Waals surface area contributed by atoms with Crippen molar-refractivity contribution in [1.29, 1.82) is 0 Å². The third kappa shape index (κ3) is 10.4. The number of rotatable bonds is 19. The second-order valence-corrected chi connectivity index (χ2v) is 12.3. The van der Waals surface area contributed by atoms with Crippen LogP contribution in [0.1, 0.15) is 70.3 Å². The van der Waals surface area contributed by atoms with E-state index in [0.29, 0.717) is 57.3 Å². The van der Waals surface area contributed by atoms with E-state index in [1.807, 2.05) is 19.1 Å². The summed E-state index contributed by atoms with van der Waals surface area (Å²) in [6, 6.07) is 6.28. The highest BCUT2D eigenvalue weighted by Gasteiger charge is 2.38. The summed E-state index contributed by atoms with van der Waals surface area (Å²) < 4.78 is 0. The Morgan fingerprint density at radius 1 is 1.05 bits per heavy atom. The molecule has 3 unspecified atom stereocenters. The number of hydrogen-bond acceptors (Lipinski definition) is 9. The zero-order valence-corrected chi connectivity index (χ0v) is 25.9. The summed E-state index contributed by atoms with van der Waals surface area (Å²) in [7, 11) is 0. The van der Waals surface area contributed by atoms with Crippen molar-refractivity contribution < 1.29 is 33.9 Å². The smallest absolute Gasteiger partial charge is 0.321 e. The summed E-state index contributed by atoms with van der Waals surface area (Å²) in [6.45, 7) is 3.31. The van der Waals surface area contributed by atoms with Crippen LogP contribution in [-0.4, -0.2) is 93.4 Å². The van der Waals surface area contributed by atoms with Gasteiger partial charge in [-0.15, -0.1) is 11.8 Å². The van der Waals surface area contributed by atoms with Gasteiger partial charge in [-0.3, -0.25) is 33.7 Å². The number of carboxylic acids is 1. The molecule has 0 spiro atoms. The number of aliphatic carboxylic acids is 1. The lowest BCUT2D eigenvalue weighted by Crippen LogP contribution is -2.36. The van der Waals surface area contributed by atoms with Gasteiger partial charge in [0.15, 0.2) is 0 Å². The molecular formula is C30H42N6O7S. The van der Waals surface area contributed by atoms with Crippen molar-refractivity contribution in [3.63, 3.8) is 0 Å². The summed E-state index contributed by atoms with van der Waals surface area (Å²) in [5, 5.41) is 19.9. The Morgan fingerprint density at radius 3 is 2.45 bits per heavy atom. The van der Waals surface area contributed by atoms with E-state index in [9.17, 15) is 28.8 Å². The third-order valence-corrected chi connectivity index (χ3v) is 8.84. The number of carboxylic acid groups (broad SMARTS) is 1. The molecule has 0 saturated carbocycles. The average molecular weight is 631 g/mol. The molecule has 1 aromatic rings. The van der Waals surface area contributed by atoms with Crippen LogP contribution in [0.2, 0.25) is 0 Å². The largest absolute Gasteiger partial charge is 0.480 e. The Balaban J connectivity index is 1.26.